The van der Waals surface area contributed by atoms with E-state index in [0.29, 0.717) is 17.3 Å². The van der Waals surface area contributed by atoms with Crippen LogP contribution >= 0.6 is 0 Å². The van der Waals surface area contributed by atoms with E-state index in [9.17, 15) is 4.79 Å². The summed E-state index contributed by atoms with van der Waals surface area (Å²) in [5, 5.41) is 0. The average molecular weight is 459 g/mol. The Morgan fingerprint density at radius 3 is 2.48 bits per heavy atom. The van der Waals surface area contributed by atoms with Crippen molar-refractivity contribution in [2.24, 2.45) is 46.3 Å². The summed E-state index contributed by atoms with van der Waals surface area (Å²) in [5.41, 5.74) is 2.22. The van der Waals surface area contributed by atoms with Crippen LogP contribution < -0.4 is 0 Å². The third kappa shape index (κ3) is 4.57. The van der Waals surface area contributed by atoms with Crippen LogP contribution in [0.25, 0.3) is 0 Å². The van der Waals surface area contributed by atoms with Gasteiger partial charge in [-0.25, -0.2) is 0 Å². The zero-order valence-electron chi connectivity index (χ0n) is 22.5. The molecule has 188 valence electrons. The van der Waals surface area contributed by atoms with Gasteiger partial charge in [0.25, 0.3) is 0 Å². The van der Waals surface area contributed by atoms with Crippen LogP contribution in [0.5, 0.6) is 0 Å². The van der Waals surface area contributed by atoms with Crippen LogP contribution in [0.15, 0.2) is 11.6 Å². The zero-order valence-corrected chi connectivity index (χ0v) is 22.5. The number of carbonyl (C=O) groups excluding carboxylic acids is 1. The highest BCUT2D eigenvalue weighted by Gasteiger charge is 2.61. The summed E-state index contributed by atoms with van der Waals surface area (Å²) >= 11 is 0. The highest BCUT2D eigenvalue weighted by molar-refractivity contribution is 5.66. The van der Waals surface area contributed by atoms with Crippen molar-refractivity contribution in [2.45, 2.75) is 118 Å². The van der Waals surface area contributed by atoms with Crippen LogP contribution in [0.3, 0.4) is 0 Å². The highest BCUT2D eigenvalue weighted by Crippen LogP contribution is 2.67. The van der Waals surface area contributed by atoms with Gasteiger partial charge in [-0.1, -0.05) is 65.5 Å². The number of carbonyl (C=O) groups is 1. The molecule has 0 bridgehead atoms. The van der Waals surface area contributed by atoms with Gasteiger partial charge >= 0.3 is 5.97 Å². The first-order valence-electron chi connectivity index (χ1n) is 14.0. The van der Waals surface area contributed by atoms with Crippen molar-refractivity contribution >= 4 is 5.97 Å². The van der Waals surface area contributed by atoms with Crippen LogP contribution in [0.2, 0.25) is 0 Å². The molecule has 33 heavy (non-hydrogen) atoms. The molecule has 3 heteroatoms. The molecule has 0 radical (unpaired) electrons. The summed E-state index contributed by atoms with van der Waals surface area (Å²) in [7, 11) is 1.92. The Hall–Kier alpha value is -0.830. The van der Waals surface area contributed by atoms with Crippen molar-refractivity contribution in [1.29, 1.82) is 0 Å². The van der Waals surface area contributed by atoms with Crippen molar-refractivity contribution in [3.63, 3.8) is 0 Å². The topological polar surface area (TPSA) is 35.5 Å². The van der Waals surface area contributed by atoms with E-state index in [0.717, 1.165) is 42.9 Å². The number of fused-ring (bicyclic) bond motifs is 5. The zero-order chi connectivity index (χ0) is 24.0. The molecule has 0 amide bonds. The predicted octanol–water partition coefficient (Wildman–Crippen LogP) is 7.58. The Bertz CT molecular complexity index is 741. The SMILES string of the molecule is CO[C@H]1C=C2C[C@@H](OC(C)=O)CC[C@]2(C)[C@H]2CC[C@]3(C)[C@@H]([C@H](C)CCCC(C)C)CC[C@H]3[C@H]12. The maximum Gasteiger partial charge on any atom is 0.302 e. The van der Waals surface area contributed by atoms with Crippen LogP contribution in [0, 0.1) is 46.3 Å². The normalized spacial score (nSPS) is 43.3. The maximum absolute atomic E-state index is 11.6. The van der Waals surface area contributed by atoms with E-state index in [1.165, 1.54) is 50.5 Å². The quantitative estimate of drug-likeness (QED) is 0.291. The second-order valence-electron chi connectivity index (χ2n) is 13.1. The number of hydrogen-bond donors (Lipinski definition) is 0. The number of hydrogen-bond acceptors (Lipinski definition) is 3. The van der Waals surface area contributed by atoms with E-state index < -0.39 is 0 Å². The Kier molecular flexibility index (Phi) is 7.40. The van der Waals surface area contributed by atoms with Crippen molar-refractivity contribution < 1.29 is 14.3 Å². The van der Waals surface area contributed by atoms with Crippen molar-refractivity contribution in [3.05, 3.63) is 11.6 Å². The number of methoxy groups -OCH3 is 1. The fraction of sp³-hybridized carbons (Fsp3) is 0.900. The second kappa shape index (κ2) is 9.67. The molecule has 4 rings (SSSR count). The van der Waals surface area contributed by atoms with E-state index in [2.05, 4.69) is 40.7 Å². The first-order valence-corrected chi connectivity index (χ1v) is 14.0. The molecule has 9 atom stereocenters. The first-order chi connectivity index (χ1) is 15.6. The van der Waals surface area contributed by atoms with Gasteiger partial charge in [0.2, 0.25) is 0 Å². The number of esters is 1. The minimum Gasteiger partial charge on any atom is -0.462 e. The van der Waals surface area contributed by atoms with Crippen molar-refractivity contribution in [2.75, 3.05) is 7.11 Å². The van der Waals surface area contributed by atoms with Gasteiger partial charge in [-0.05, 0) is 84.9 Å². The van der Waals surface area contributed by atoms with Gasteiger partial charge in [-0.2, -0.15) is 0 Å². The minimum absolute atomic E-state index is 0.0484. The molecule has 4 aliphatic rings. The molecule has 0 aromatic heterocycles. The Morgan fingerprint density at radius 2 is 1.82 bits per heavy atom. The number of ether oxygens (including phenoxy) is 2. The summed E-state index contributed by atoms with van der Waals surface area (Å²) in [6, 6.07) is 0. The maximum atomic E-state index is 11.6. The molecular formula is C30H50O3. The molecule has 0 heterocycles. The first kappa shape index (κ1) is 25.3. The van der Waals surface area contributed by atoms with Crippen LogP contribution in [-0.2, 0) is 14.3 Å². The minimum atomic E-state index is -0.144. The third-order valence-electron chi connectivity index (χ3n) is 10.9. The van der Waals surface area contributed by atoms with Gasteiger partial charge in [0.15, 0.2) is 0 Å². The Balaban J connectivity index is 1.55. The van der Waals surface area contributed by atoms with Crippen molar-refractivity contribution in [1.82, 2.24) is 0 Å². The molecule has 3 saturated carbocycles. The Morgan fingerprint density at radius 1 is 1.06 bits per heavy atom. The molecule has 3 nitrogen and oxygen atoms in total. The smallest absolute Gasteiger partial charge is 0.302 e. The van der Waals surface area contributed by atoms with Crippen LogP contribution in [0.4, 0.5) is 0 Å². The third-order valence-corrected chi connectivity index (χ3v) is 10.9. The van der Waals surface area contributed by atoms with Crippen LogP contribution in [0.1, 0.15) is 106 Å². The highest BCUT2D eigenvalue weighted by atomic mass is 16.5. The lowest BCUT2D eigenvalue weighted by Gasteiger charge is -2.60. The van der Waals surface area contributed by atoms with Gasteiger partial charge in [0.1, 0.15) is 6.10 Å². The lowest BCUT2D eigenvalue weighted by atomic mass is 9.46. The van der Waals surface area contributed by atoms with Gasteiger partial charge in [0, 0.05) is 20.5 Å². The molecule has 0 spiro atoms. The molecule has 4 aliphatic carbocycles. The Labute approximate surface area is 203 Å². The van der Waals surface area contributed by atoms with E-state index >= 15 is 0 Å². The molecule has 0 aliphatic heterocycles. The van der Waals surface area contributed by atoms with E-state index in [1.54, 1.807) is 6.92 Å². The van der Waals surface area contributed by atoms with Gasteiger partial charge < -0.3 is 9.47 Å². The standard InChI is InChI=1S/C30H50O3/c1-19(2)9-8-10-20(3)24-11-12-25-28-26(14-16-30(24,25)6)29(5)15-13-23(33-21(4)31)17-22(29)18-27(28)32-7/h18-20,23-28H,8-17H2,1-7H3/t20-,23+,24-,25+,26+,27+,28+,29+,30-/m1/s1. The molecule has 0 unspecified atom stereocenters. The van der Waals surface area contributed by atoms with E-state index in [-0.39, 0.29) is 23.6 Å². The average Bonchev–Trinajstić information content (AvgIpc) is 3.10. The molecule has 0 aromatic carbocycles. The summed E-state index contributed by atoms with van der Waals surface area (Å²) in [5.74, 6) is 4.50. The second-order valence-corrected chi connectivity index (χ2v) is 13.1. The molecule has 0 aromatic rings. The summed E-state index contributed by atoms with van der Waals surface area (Å²) in [6.07, 6.45) is 15.4. The largest absolute Gasteiger partial charge is 0.462 e. The van der Waals surface area contributed by atoms with Gasteiger partial charge in [-0.15, -0.1) is 0 Å². The monoisotopic (exact) mass is 458 g/mol. The summed E-state index contributed by atoms with van der Waals surface area (Å²) < 4.78 is 11.9. The van der Waals surface area contributed by atoms with Gasteiger partial charge in [0.05, 0.1) is 6.10 Å². The molecule has 3 fully saturated rings. The lowest BCUT2D eigenvalue weighted by Crippen LogP contribution is -2.55. The summed E-state index contributed by atoms with van der Waals surface area (Å²) in [6.45, 7) is 14.0. The molecule has 0 saturated heterocycles. The van der Waals surface area contributed by atoms with Crippen molar-refractivity contribution in [3.8, 4) is 0 Å². The predicted molar refractivity (Wildman–Crippen MR) is 135 cm³/mol. The van der Waals surface area contributed by atoms with Gasteiger partial charge in [-0.3, -0.25) is 4.79 Å². The molecular weight excluding hydrogens is 408 g/mol. The summed E-state index contributed by atoms with van der Waals surface area (Å²) in [4.78, 5) is 11.6. The fourth-order valence-corrected chi connectivity index (χ4v) is 9.17. The van der Waals surface area contributed by atoms with E-state index in [1.807, 2.05) is 7.11 Å². The fourth-order valence-electron chi connectivity index (χ4n) is 9.17. The number of rotatable bonds is 7. The van der Waals surface area contributed by atoms with E-state index in [4.69, 9.17) is 9.47 Å². The lowest BCUT2D eigenvalue weighted by molar-refractivity contribution is -0.149. The van der Waals surface area contributed by atoms with Crippen LogP contribution in [-0.4, -0.2) is 25.3 Å². The molecule has 0 N–H and O–H groups in total.